The number of nitrogen functional groups attached to an aromatic ring is 1. The maximum Gasteiger partial charge on any atom is 0.472 e. The molecule has 4 rings (SSSR count). The SMILES string of the molecule is Nc1ncnc2c1ncn2[C@H]1O[C@H]2COP(=O)(O)O[C@@H]2[C@H]1O. The van der Waals surface area contributed by atoms with Gasteiger partial charge in [-0.1, -0.05) is 0 Å². The molecule has 5 atom stereocenters. The van der Waals surface area contributed by atoms with E-state index in [-0.39, 0.29) is 12.4 Å². The van der Waals surface area contributed by atoms with Gasteiger partial charge in [0.1, 0.15) is 30.2 Å². The summed E-state index contributed by atoms with van der Waals surface area (Å²) in [6.45, 7) is -0.157. The number of hydrogen-bond acceptors (Lipinski definition) is 9. The van der Waals surface area contributed by atoms with Crippen LogP contribution < -0.4 is 5.73 Å². The highest BCUT2D eigenvalue weighted by atomic mass is 31.2. The minimum atomic E-state index is -4.16. The Balaban J connectivity index is 1.71. The number of ether oxygens (including phenoxy) is 1. The van der Waals surface area contributed by atoms with Crippen LogP contribution in [0.25, 0.3) is 11.2 Å². The van der Waals surface area contributed by atoms with Gasteiger partial charge in [-0.15, -0.1) is 0 Å². The fourth-order valence-electron chi connectivity index (χ4n) is 2.62. The zero-order chi connectivity index (χ0) is 15.5. The quantitative estimate of drug-likeness (QED) is 0.565. The summed E-state index contributed by atoms with van der Waals surface area (Å²) in [5.41, 5.74) is 6.46. The van der Waals surface area contributed by atoms with Gasteiger partial charge in [-0.25, -0.2) is 19.5 Å². The summed E-state index contributed by atoms with van der Waals surface area (Å²) in [4.78, 5) is 21.3. The molecule has 22 heavy (non-hydrogen) atoms. The highest BCUT2D eigenvalue weighted by Crippen LogP contribution is 2.52. The van der Waals surface area contributed by atoms with E-state index in [9.17, 15) is 14.6 Å². The van der Waals surface area contributed by atoms with Gasteiger partial charge in [0, 0.05) is 0 Å². The molecule has 12 heteroatoms. The van der Waals surface area contributed by atoms with Crippen LogP contribution >= 0.6 is 7.82 Å². The van der Waals surface area contributed by atoms with Crippen LogP contribution in [0.3, 0.4) is 0 Å². The molecule has 4 heterocycles. The number of nitrogens with zero attached hydrogens (tertiary/aromatic N) is 4. The third-order valence-electron chi connectivity index (χ3n) is 3.63. The molecule has 2 aliphatic heterocycles. The number of rotatable bonds is 1. The summed E-state index contributed by atoms with van der Waals surface area (Å²) >= 11 is 0. The Hall–Kier alpha value is -1.62. The minimum absolute atomic E-state index is 0.157. The van der Waals surface area contributed by atoms with Crippen molar-refractivity contribution >= 4 is 24.8 Å². The molecule has 0 amide bonds. The molecule has 0 aromatic carbocycles. The Morgan fingerprint density at radius 2 is 2.23 bits per heavy atom. The Morgan fingerprint density at radius 1 is 1.41 bits per heavy atom. The maximum atomic E-state index is 11.5. The first-order valence-electron chi connectivity index (χ1n) is 6.38. The topological polar surface area (TPSA) is 155 Å². The highest BCUT2D eigenvalue weighted by molar-refractivity contribution is 7.47. The first kappa shape index (κ1) is 14.0. The van der Waals surface area contributed by atoms with Crippen molar-refractivity contribution in [2.75, 3.05) is 12.3 Å². The van der Waals surface area contributed by atoms with E-state index in [4.69, 9.17) is 15.0 Å². The van der Waals surface area contributed by atoms with E-state index >= 15 is 0 Å². The fourth-order valence-corrected chi connectivity index (χ4v) is 3.59. The van der Waals surface area contributed by atoms with E-state index in [1.54, 1.807) is 0 Å². The summed E-state index contributed by atoms with van der Waals surface area (Å²) < 4.78 is 28.2. The highest BCUT2D eigenvalue weighted by Gasteiger charge is 2.52. The second-order valence-electron chi connectivity index (χ2n) is 4.97. The lowest BCUT2D eigenvalue weighted by molar-refractivity contribution is -0.0664. The number of phosphoric acid groups is 1. The molecule has 2 aliphatic rings. The molecule has 11 nitrogen and oxygen atoms in total. The van der Waals surface area contributed by atoms with Gasteiger partial charge in [0.25, 0.3) is 0 Å². The lowest BCUT2D eigenvalue weighted by Crippen LogP contribution is -2.39. The summed E-state index contributed by atoms with van der Waals surface area (Å²) in [5.74, 6) is 0.202. The number of aliphatic hydroxyl groups excluding tert-OH is 1. The van der Waals surface area contributed by atoms with E-state index in [1.807, 2.05) is 0 Å². The predicted molar refractivity (Wildman–Crippen MR) is 70.3 cm³/mol. The molecule has 118 valence electrons. The summed E-state index contributed by atoms with van der Waals surface area (Å²) in [7, 11) is -4.16. The number of aromatic nitrogens is 4. The summed E-state index contributed by atoms with van der Waals surface area (Å²) in [6, 6.07) is 0. The Bertz CT molecular complexity index is 782. The Labute approximate surface area is 123 Å². The number of nitrogens with two attached hydrogens (primary N) is 1. The van der Waals surface area contributed by atoms with Gasteiger partial charge in [0.05, 0.1) is 12.9 Å². The van der Waals surface area contributed by atoms with E-state index in [0.717, 1.165) is 0 Å². The molecular weight excluding hydrogens is 317 g/mol. The predicted octanol–water partition coefficient (Wildman–Crippen LogP) is -0.817. The second kappa shape index (κ2) is 4.69. The number of anilines is 1. The van der Waals surface area contributed by atoms with E-state index in [2.05, 4.69) is 19.5 Å². The van der Waals surface area contributed by atoms with Crippen LogP contribution in [0, 0.1) is 0 Å². The third kappa shape index (κ3) is 2.02. The van der Waals surface area contributed by atoms with Gasteiger partial charge in [-0.05, 0) is 0 Å². The molecule has 2 aromatic heterocycles. The average Bonchev–Trinajstić information content (AvgIpc) is 3.01. The van der Waals surface area contributed by atoms with Gasteiger partial charge in [0.15, 0.2) is 17.7 Å². The Morgan fingerprint density at radius 3 is 3.05 bits per heavy atom. The monoisotopic (exact) mass is 329 g/mol. The first-order chi connectivity index (χ1) is 10.5. The second-order valence-corrected chi connectivity index (χ2v) is 6.38. The third-order valence-corrected chi connectivity index (χ3v) is 4.61. The zero-order valence-corrected chi connectivity index (χ0v) is 11.9. The van der Waals surface area contributed by atoms with Crippen molar-refractivity contribution in [2.24, 2.45) is 0 Å². The van der Waals surface area contributed by atoms with Crippen molar-refractivity contribution < 1.29 is 28.3 Å². The minimum Gasteiger partial charge on any atom is -0.386 e. The van der Waals surface area contributed by atoms with Crippen molar-refractivity contribution in [2.45, 2.75) is 24.5 Å². The summed E-state index contributed by atoms with van der Waals surface area (Å²) in [5, 5.41) is 10.4. The largest absolute Gasteiger partial charge is 0.472 e. The molecule has 1 unspecified atom stereocenters. The van der Waals surface area contributed by atoms with Gasteiger partial charge >= 0.3 is 7.82 Å². The zero-order valence-electron chi connectivity index (χ0n) is 11.0. The van der Waals surface area contributed by atoms with Crippen LogP contribution in [-0.2, 0) is 18.3 Å². The Kier molecular flexibility index (Phi) is 2.98. The van der Waals surface area contributed by atoms with Crippen molar-refractivity contribution in [3.8, 4) is 0 Å². The van der Waals surface area contributed by atoms with Crippen LogP contribution in [-0.4, -0.2) is 54.4 Å². The van der Waals surface area contributed by atoms with Crippen molar-refractivity contribution in [3.05, 3.63) is 12.7 Å². The average molecular weight is 329 g/mol. The fraction of sp³-hybridized carbons (Fsp3) is 0.500. The molecule has 0 aliphatic carbocycles. The number of phosphoric ester groups is 1. The van der Waals surface area contributed by atoms with Crippen LogP contribution in [0.2, 0.25) is 0 Å². The van der Waals surface area contributed by atoms with Crippen LogP contribution in [0.1, 0.15) is 6.23 Å². The van der Waals surface area contributed by atoms with Crippen LogP contribution in [0.15, 0.2) is 12.7 Å². The molecule has 2 fully saturated rings. The number of imidazole rings is 1. The van der Waals surface area contributed by atoms with Gasteiger partial charge in [-0.2, -0.15) is 0 Å². The van der Waals surface area contributed by atoms with E-state index in [0.29, 0.717) is 11.2 Å². The van der Waals surface area contributed by atoms with Crippen LogP contribution in [0.5, 0.6) is 0 Å². The summed E-state index contributed by atoms with van der Waals surface area (Å²) in [6.07, 6.45) is -1.07. The van der Waals surface area contributed by atoms with E-state index in [1.165, 1.54) is 17.2 Å². The number of aliphatic hydroxyl groups is 1. The molecule has 0 saturated carbocycles. The standard InChI is InChI=1S/C10H12N5O6P/c11-8-5-9(13-2-12-8)15(3-14-5)10-6(16)7-4(20-10)1-19-22(17,18)21-7/h2-4,6-7,10,16H,1H2,(H,17,18)(H2,11,12,13)/t4-,6+,7-,10-/m0/s1. The lowest BCUT2D eigenvalue weighted by atomic mass is 10.1. The number of hydrogen-bond donors (Lipinski definition) is 3. The molecule has 0 spiro atoms. The normalized spacial score (nSPS) is 38.3. The molecule has 0 bridgehead atoms. The maximum absolute atomic E-state index is 11.5. The molecular formula is C10H12N5O6P. The lowest BCUT2D eigenvalue weighted by Gasteiger charge is -2.27. The van der Waals surface area contributed by atoms with E-state index < -0.39 is 32.4 Å². The smallest absolute Gasteiger partial charge is 0.386 e. The van der Waals surface area contributed by atoms with Gasteiger partial charge < -0.3 is 20.5 Å². The number of fused-ring (bicyclic) bond motifs is 2. The van der Waals surface area contributed by atoms with Crippen molar-refractivity contribution in [1.29, 1.82) is 0 Å². The molecule has 2 saturated heterocycles. The molecule has 0 radical (unpaired) electrons. The van der Waals surface area contributed by atoms with Gasteiger partial charge in [-0.3, -0.25) is 13.6 Å². The van der Waals surface area contributed by atoms with Crippen molar-refractivity contribution in [1.82, 2.24) is 19.5 Å². The molecule has 2 aromatic rings. The first-order valence-corrected chi connectivity index (χ1v) is 7.88. The van der Waals surface area contributed by atoms with Gasteiger partial charge in [0.2, 0.25) is 0 Å². The molecule has 4 N–H and O–H groups in total. The van der Waals surface area contributed by atoms with Crippen molar-refractivity contribution in [3.63, 3.8) is 0 Å². The van der Waals surface area contributed by atoms with Crippen LogP contribution in [0.4, 0.5) is 5.82 Å².